The number of methoxy groups -OCH3 is 1. The van der Waals surface area contributed by atoms with Gasteiger partial charge in [0.25, 0.3) is 0 Å². The summed E-state index contributed by atoms with van der Waals surface area (Å²) in [5, 5.41) is 9.04. The van der Waals surface area contributed by atoms with Crippen LogP contribution in [0.5, 0.6) is 11.5 Å². The lowest BCUT2D eigenvalue weighted by Gasteiger charge is -2.11. The predicted molar refractivity (Wildman–Crippen MR) is 63.9 cm³/mol. The Morgan fingerprint density at radius 2 is 2.00 bits per heavy atom. The van der Waals surface area contributed by atoms with Crippen molar-refractivity contribution in [1.29, 1.82) is 0 Å². The average molecular weight is 224 g/mol. The van der Waals surface area contributed by atoms with Crippen molar-refractivity contribution in [3.05, 3.63) is 23.8 Å². The van der Waals surface area contributed by atoms with Gasteiger partial charge in [0.1, 0.15) is 0 Å². The fourth-order valence-corrected chi connectivity index (χ4v) is 1.47. The molecule has 3 heteroatoms. The molecule has 0 aromatic heterocycles. The minimum absolute atomic E-state index is 0.0231. The van der Waals surface area contributed by atoms with Crippen LogP contribution in [-0.2, 0) is 6.61 Å². The number of hydrogen-bond donors (Lipinski definition) is 1. The lowest BCUT2D eigenvalue weighted by molar-refractivity contribution is 0.272. The molecule has 0 unspecified atom stereocenters. The second kappa shape index (κ2) is 7.12. The number of aliphatic hydroxyl groups excluding tert-OH is 1. The van der Waals surface area contributed by atoms with Gasteiger partial charge in [-0.3, -0.25) is 0 Å². The second-order valence-electron chi connectivity index (χ2n) is 3.70. The van der Waals surface area contributed by atoms with E-state index in [1.54, 1.807) is 7.11 Å². The van der Waals surface area contributed by atoms with E-state index in [9.17, 15) is 0 Å². The molecule has 0 radical (unpaired) electrons. The van der Waals surface area contributed by atoms with E-state index < -0.39 is 0 Å². The Hall–Kier alpha value is -1.22. The van der Waals surface area contributed by atoms with E-state index >= 15 is 0 Å². The number of benzene rings is 1. The van der Waals surface area contributed by atoms with Gasteiger partial charge in [-0.1, -0.05) is 25.8 Å². The number of rotatable bonds is 7. The smallest absolute Gasteiger partial charge is 0.161 e. The molecule has 1 aromatic rings. The van der Waals surface area contributed by atoms with Crippen LogP contribution in [0.1, 0.15) is 31.7 Å². The van der Waals surface area contributed by atoms with E-state index in [2.05, 4.69) is 6.92 Å². The van der Waals surface area contributed by atoms with Crippen molar-refractivity contribution in [2.45, 2.75) is 32.8 Å². The van der Waals surface area contributed by atoms with Crippen molar-refractivity contribution in [3.8, 4) is 11.5 Å². The Morgan fingerprint density at radius 3 is 2.62 bits per heavy atom. The summed E-state index contributed by atoms with van der Waals surface area (Å²) in [6, 6.07) is 5.48. The van der Waals surface area contributed by atoms with E-state index in [1.165, 1.54) is 12.8 Å². The molecule has 0 spiro atoms. The van der Waals surface area contributed by atoms with Gasteiger partial charge < -0.3 is 14.6 Å². The maximum Gasteiger partial charge on any atom is 0.161 e. The SMILES string of the molecule is CCCCCOc1cc(CO)ccc1OC. The predicted octanol–water partition coefficient (Wildman–Crippen LogP) is 2.76. The monoisotopic (exact) mass is 224 g/mol. The minimum atomic E-state index is 0.0231. The normalized spacial score (nSPS) is 10.2. The van der Waals surface area contributed by atoms with Crippen LogP contribution in [0.15, 0.2) is 18.2 Å². The van der Waals surface area contributed by atoms with E-state index in [0.717, 1.165) is 12.0 Å². The van der Waals surface area contributed by atoms with Gasteiger partial charge in [0.2, 0.25) is 0 Å². The van der Waals surface area contributed by atoms with Gasteiger partial charge >= 0.3 is 0 Å². The van der Waals surface area contributed by atoms with Crippen LogP contribution in [0.4, 0.5) is 0 Å². The third kappa shape index (κ3) is 3.74. The minimum Gasteiger partial charge on any atom is -0.493 e. The zero-order valence-electron chi connectivity index (χ0n) is 10.0. The topological polar surface area (TPSA) is 38.7 Å². The largest absolute Gasteiger partial charge is 0.493 e. The molecule has 90 valence electrons. The van der Waals surface area contributed by atoms with Crippen LogP contribution in [0.2, 0.25) is 0 Å². The van der Waals surface area contributed by atoms with Crippen molar-refractivity contribution in [2.24, 2.45) is 0 Å². The number of ether oxygens (including phenoxy) is 2. The Balaban J connectivity index is 2.60. The van der Waals surface area contributed by atoms with Crippen molar-refractivity contribution < 1.29 is 14.6 Å². The molecular weight excluding hydrogens is 204 g/mol. The molecule has 1 N–H and O–H groups in total. The van der Waals surface area contributed by atoms with Crippen molar-refractivity contribution >= 4 is 0 Å². The number of unbranched alkanes of at least 4 members (excludes halogenated alkanes) is 2. The lowest BCUT2D eigenvalue weighted by Crippen LogP contribution is -2.00. The quantitative estimate of drug-likeness (QED) is 0.724. The molecule has 0 amide bonds. The summed E-state index contributed by atoms with van der Waals surface area (Å²) in [4.78, 5) is 0. The molecule has 0 bridgehead atoms. The summed E-state index contributed by atoms with van der Waals surface area (Å²) in [6.45, 7) is 2.88. The zero-order valence-corrected chi connectivity index (χ0v) is 10.0. The maximum absolute atomic E-state index is 9.04. The number of hydrogen-bond acceptors (Lipinski definition) is 3. The van der Waals surface area contributed by atoms with Gasteiger partial charge in [0.05, 0.1) is 20.3 Å². The first-order valence-corrected chi connectivity index (χ1v) is 5.72. The Labute approximate surface area is 97.0 Å². The van der Waals surface area contributed by atoms with Crippen molar-refractivity contribution in [2.75, 3.05) is 13.7 Å². The van der Waals surface area contributed by atoms with Crippen LogP contribution in [0.3, 0.4) is 0 Å². The summed E-state index contributed by atoms with van der Waals surface area (Å²) in [6.07, 6.45) is 3.39. The van der Waals surface area contributed by atoms with Crippen LogP contribution >= 0.6 is 0 Å². The standard InChI is InChI=1S/C13H20O3/c1-3-4-5-8-16-13-9-11(10-14)6-7-12(13)15-2/h6-7,9,14H,3-5,8,10H2,1-2H3. The molecule has 0 aliphatic rings. The third-order valence-electron chi connectivity index (χ3n) is 2.42. The highest BCUT2D eigenvalue weighted by Gasteiger charge is 2.05. The molecule has 0 heterocycles. The summed E-state index contributed by atoms with van der Waals surface area (Å²) in [5.74, 6) is 1.43. The highest BCUT2D eigenvalue weighted by molar-refractivity contribution is 5.42. The number of aliphatic hydroxyl groups is 1. The van der Waals surface area contributed by atoms with E-state index in [-0.39, 0.29) is 6.61 Å². The van der Waals surface area contributed by atoms with Gasteiger partial charge in [0.15, 0.2) is 11.5 Å². The molecule has 0 fully saturated rings. The first-order chi connectivity index (χ1) is 7.81. The maximum atomic E-state index is 9.04. The fourth-order valence-electron chi connectivity index (χ4n) is 1.47. The molecule has 3 nitrogen and oxygen atoms in total. The molecule has 1 rings (SSSR count). The lowest BCUT2D eigenvalue weighted by atomic mass is 10.2. The summed E-state index contributed by atoms with van der Waals surface area (Å²) in [5.41, 5.74) is 0.839. The molecule has 0 atom stereocenters. The van der Waals surface area contributed by atoms with Gasteiger partial charge in [0, 0.05) is 0 Å². The Morgan fingerprint density at radius 1 is 1.19 bits per heavy atom. The Kier molecular flexibility index (Phi) is 5.72. The molecule has 0 aliphatic heterocycles. The summed E-state index contributed by atoms with van der Waals surface area (Å²) in [7, 11) is 1.62. The first-order valence-electron chi connectivity index (χ1n) is 5.72. The Bertz CT molecular complexity index is 310. The van der Waals surface area contributed by atoms with E-state index in [4.69, 9.17) is 14.6 Å². The molecular formula is C13H20O3. The molecule has 16 heavy (non-hydrogen) atoms. The van der Waals surface area contributed by atoms with Gasteiger partial charge in [-0.25, -0.2) is 0 Å². The van der Waals surface area contributed by atoms with Crippen LogP contribution in [0.25, 0.3) is 0 Å². The fraction of sp³-hybridized carbons (Fsp3) is 0.538. The van der Waals surface area contributed by atoms with E-state index in [0.29, 0.717) is 18.1 Å². The van der Waals surface area contributed by atoms with E-state index in [1.807, 2.05) is 18.2 Å². The van der Waals surface area contributed by atoms with Crippen molar-refractivity contribution in [3.63, 3.8) is 0 Å². The van der Waals surface area contributed by atoms with Crippen LogP contribution < -0.4 is 9.47 Å². The second-order valence-corrected chi connectivity index (χ2v) is 3.70. The summed E-state index contributed by atoms with van der Waals surface area (Å²) < 4.78 is 10.8. The van der Waals surface area contributed by atoms with Crippen LogP contribution in [0, 0.1) is 0 Å². The first kappa shape index (κ1) is 12.8. The third-order valence-corrected chi connectivity index (χ3v) is 2.42. The van der Waals surface area contributed by atoms with Gasteiger partial charge in [-0.05, 0) is 24.1 Å². The van der Waals surface area contributed by atoms with Crippen LogP contribution in [-0.4, -0.2) is 18.8 Å². The van der Waals surface area contributed by atoms with Gasteiger partial charge in [-0.15, -0.1) is 0 Å². The highest BCUT2D eigenvalue weighted by Crippen LogP contribution is 2.28. The zero-order chi connectivity index (χ0) is 11.8. The van der Waals surface area contributed by atoms with Crippen molar-refractivity contribution in [1.82, 2.24) is 0 Å². The average Bonchev–Trinajstić information content (AvgIpc) is 2.34. The molecule has 1 aromatic carbocycles. The van der Waals surface area contributed by atoms with Gasteiger partial charge in [-0.2, -0.15) is 0 Å². The highest BCUT2D eigenvalue weighted by atomic mass is 16.5. The summed E-state index contributed by atoms with van der Waals surface area (Å²) >= 11 is 0. The molecule has 0 aliphatic carbocycles. The molecule has 0 saturated heterocycles. The molecule has 0 saturated carbocycles.